The van der Waals surface area contributed by atoms with E-state index in [1.54, 1.807) is 6.33 Å². The molecule has 0 aliphatic heterocycles. The Morgan fingerprint density at radius 2 is 2.04 bits per heavy atom. The van der Waals surface area contributed by atoms with Crippen molar-refractivity contribution in [2.45, 2.75) is 71.0 Å². The molecule has 4 aliphatic rings. The van der Waals surface area contributed by atoms with E-state index >= 15 is 0 Å². The zero-order chi connectivity index (χ0) is 19.5. The Bertz CT molecular complexity index is 904. The smallest absolute Gasteiger partial charge is 0.242 e. The predicted octanol–water partition coefficient (Wildman–Crippen LogP) is 3.07. The minimum absolute atomic E-state index is 0.107. The number of rotatable bonds is 5. The van der Waals surface area contributed by atoms with Crippen LogP contribution in [0.4, 0.5) is 0 Å². The van der Waals surface area contributed by atoms with E-state index in [0.29, 0.717) is 18.4 Å². The Morgan fingerprint density at radius 3 is 2.64 bits per heavy atom. The maximum Gasteiger partial charge on any atom is 0.242 e. The molecule has 28 heavy (non-hydrogen) atoms. The van der Waals surface area contributed by atoms with Crippen molar-refractivity contribution in [3.8, 4) is 0 Å². The van der Waals surface area contributed by atoms with Gasteiger partial charge in [-0.05, 0) is 75.8 Å². The summed E-state index contributed by atoms with van der Waals surface area (Å²) in [5.74, 6) is 1.36. The molecule has 2 aromatic heterocycles. The van der Waals surface area contributed by atoms with E-state index in [-0.39, 0.29) is 22.1 Å². The third-order valence-corrected chi connectivity index (χ3v) is 7.45. The fourth-order valence-corrected chi connectivity index (χ4v) is 6.60. The van der Waals surface area contributed by atoms with Crippen molar-refractivity contribution in [2.75, 3.05) is 0 Å². The van der Waals surface area contributed by atoms with Crippen LogP contribution in [0.2, 0.25) is 5.28 Å². The van der Waals surface area contributed by atoms with Gasteiger partial charge in [-0.1, -0.05) is 0 Å². The SMILES string of the molecule is CCn1cc(CNC(=O)C23CC4CC(C2)CC(n2cnc(Cl)n2)(C4)C3)c(C)n1. The summed E-state index contributed by atoms with van der Waals surface area (Å²) < 4.78 is 3.88. The van der Waals surface area contributed by atoms with Gasteiger partial charge in [-0.2, -0.15) is 5.10 Å². The van der Waals surface area contributed by atoms with Crippen LogP contribution in [0.25, 0.3) is 0 Å². The van der Waals surface area contributed by atoms with Crippen LogP contribution in [0.5, 0.6) is 0 Å². The Labute approximate surface area is 169 Å². The monoisotopic (exact) mass is 402 g/mol. The van der Waals surface area contributed by atoms with Crippen LogP contribution < -0.4 is 5.32 Å². The van der Waals surface area contributed by atoms with E-state index in [4.69, 9.17) is 11.6 Å². The fraction of sp³-hybridized carbons (Fsp3) is 0.700. The summed E-state index contributed by atoms with van der Waals surface area (Å²) in [5, 5.41) is 12.5. The normalized spacial score (nSPS) is 33.4. The van der Waals surface area contributed by atoms with Crippen molar-refractivity contribution in [3.63, 3.8) is 0 Å². The molecule has 0 aromatic carbocycles. The van der Waals surface area contributed by atoms with Crippen LogP contribution in [0.1, 0.15) is 56.7 Å². The van der Waals surface area contributed by atoms with Gasteiger partial charge in [0.15, 0.2) is 0 Å². The van der Waals surface area contributed by atoms with Crippen molar-refractivity contribution in [2.24, 2.45) is 17.3 Å². The van der Waals surface area contributed by atoms with Gasteiger partial charge in [0.05, 0.1) is 16.6 Å². The lowest BCUT2D eigenvalue weighted by atomic mass is 9.46. The van der Waals surface area contributed by atoms with Gasteiger partial charge in [0.25, 0.3) is 0 Å². The molecule has 2 atom stereocenters. The van der Waals surface area contributed by atoms with E-state index in [1.165, 1.54) is 6.42 Å². The first kappa shape index (κ1) is 18.2. The van der Waals surface area contributed by atoms with E-state index < -0.39 is 0 Å². The van der Waals surface area contributed by atoms with Gasteiger partial charge in [0.1, 0.15) is 6.33 Å². The first-order chi connectivity index (χ1) is 13.4. The Kier molecular flexibility index (Phi) is 4.09. The quantitative estimate of drug-likeness (QED) is 0.833. The predicted molar refractivity (Wildman–Crippen MR) is 105 cm³/mol. The minimum Gasteiger partial charge on any atom is -0.351 e. The number of aryl methyl sites for hydroxylation is 2. The first-order valence-corrected chi connectivity index (χ1v) is 10.7. The summed E-state index contributed by atoms with van der Waals surface area (Å²) in [7, 11) is 0. The van der Waals surface area contributed by atoms with Crippen LogP contribution in [0.15, 0.2) is 12.5 Å². The number of hydrogen-bond acceptors (Lipinski definition) is 4. The lowest BCUT2D eigenvalue weighted by molar-refractivity contribution is -0.156. The Morgan fingerprint density at radius 1 is 1.29 bits per heavy atom. The molecule has 0 radical (unpaired) electrons. The second kappa shape index (κ2) is 6.31. The second-order valence-electron chi connectivity index (χ2n) is 9.20. The fourth-order valence-electron chi connectivity index (χ4n) is 6.48. The molecule has 0 saturated heterocycles. The second-order valence-corrected chi connectivity index (χ2v) is 9.54. The third kappa shape index (κ3) is 2.78. The Hall–Kier alpha value is -1.89. The highest BCUT2D eigenvalue weighted by molar-refractivity contribution is 6.28. The average Bonchev–Trinajstić information content (AvgIpc) is 3.24. The summed E-state index contributed by atoms with van der Waals surface area (Å²) >= 11 is 6.01. The molecule has 4 bridgehead atoms. The van der Waals surface area contributed by atoms with Gasteiger partial charge in [-0.3, -0.25) is 9.48 Å². The molecule has 4 aliphatic carbocycles. The molecular weight excluding hydrogens is 376 g/mol. The number of carbonyl (C=O) groups excluding carboxylic acids is 1. The summed E-state index contributed by atoms with van der Waals surface area (Å²) in [6, 6.07) is 0. The molecular formula is C20H27ClN6O. The van der Waals surface area contributed by atoms with Crippen molar-refractivity contribution in [1.82, 2.24) is 29.9 Å². The maximum atomic E-state index is 13.4. The molecule has 8 heteroatoms. The Balaban J connectivity index is 1.38. The van der Waals surface area contributed by atoms with Crippen molar-refractivity contribution < 1.29 is 4.79 Å². The lowest BCUT2D eigenvalue weighted by Gasteiger charge is -2.60. The summed E-state index contributed by atoms with van der Waals surface area (Å²) in [4.78, 5) is 17.6. The van der Waals surface area contributed by atoms with Crippen LogP contribution in [-0.4, -0.2) is 30.5 Å². The van der Waals surface area contributed by atoms with Gasteiger partial charge < -0.3 is 5.32 Å². The topological polar surface area (TPSA) is 77.6 Å². The van der Waals surface area contributed by atoms with Crippen LogP contribution in [0, 0.1) is 24.2 Å². The molecule has 1 amide bonds. The summed E-state index contributed by atoms with van der Waals surface area (Å²) in [6.07, 6.45) is 10.0. The molecule has 2 aromatic rings. The van der Waals surface area contributed by atoms with Crippen molar-refractivity contribution in [3.05, 3.63) is 29.1 Å². The van der Waals surface area contributed by atoms with Crippen molar-refractivity contribution in [1.29, 1.82) is 0 Å². The molecule has 4 fully saturated rings. The van der Waals surface area contributed by atoms with E-state index in [1.807, 2.05) is 22.5 Å². The molecule has 150 valence electrons. The zero-order valence-electron chi connectivity index (χ0n) is 16.5. The number of aromatic nitrogens is 5. The highest BCUT2D eigenvalue weighted by Crippen LogP contribution is 2.64. The minimum atomic E-state index is -0.294. The lowest BCUT2D eigenvalue weighted by Crippen LogP contribution is -2.61. The molecule has 1 N–H and O–H groups in total. The number of nitrogens with zero attached hydrogens (tertiary/aromatic N) is 5. The molecule has 2 heterocycles. The molecule has 4 saturated carbocycles. The standard InChI is InChI=1S/C20H27ClN6O/c1-3-26-10-16(13(2)24-26)9-22-17(28)19-5-14-4-15(6-19)8-20(7-14,11-19)27-12-23-18(21)25-27/h10,12,14-15H,3-9,11H2,1-2H3,(H,22,28). The highest BCUT2D eigenvalue weighted by atomic mass is 35.5. The average molecular weight is 403 g/mol. The molecule has 0 spiro atoms. The van der Waals surface area contributed by atoms with Gasteiger partial charge >= 0.3 is 0 Å². The number of hydrogen-bond donors (Lipinski definition) is 1. The third-order valence-electron chi connectivity index (χ3n) is 7.27. The van der Waals surface area contributed by atoms with Gasteiger partial charge in [-0.25, -0.2) is 9.67 Å². The number of carbonyl (C=O) groups is 1. The number of halogens is 1. The molecule has 7 nitrogen and oxygen atoms in total. The number of amides is 1. The number of nitrogens with one attached hydrogen (secondary N) is 1. The van der Waals surface area contributed by atoms with E-state index in [0.717, 1.165) is 49.9 Å². The zero-order valence-corrected chi connectivity index (χ0v) is 17.2. The van der Waals surface area contributed by atoms with Crippen LogP contribution in [0.3, 0.4) is 0 Å². The summed E-state index contributed by atoms with van der Waals surface area (Å²) in [5.41, 5.74) is 1.68. The van der Waals surface area contributed by atoms with Crippen LogP contribution >= 0.6 is 11.6 Å². The molecule has 6 rings (SSSR count). The van der Waals surface area contributed by atoms with Gasteiger partial charge in [-0.15, -0.1) is 5.10 Å². The maximum absolute atomic E-state index is 13.4. The van der Waals surface area contributed by atoms with Gasteiger partial charge in [0.2, 0.25) is 11.2 Å². The van der Waals surface area contributed by atoms with E-state index in [9.17, 15) is 4.79 Å². The summed E-state index contributed by atoms with van der Waals surface area (Å²) in [6.45, 7) is 5.46. The highest BCUT2D eigenvalue weighted by Gasteiger charge is 2.61. The molecule has 2 unspecified atom stereocenters. The van der Waals surface area contributed by atoms with E-state index in [2.05, 4.69) is 27.4 Å². The largest absolute Gasteiger partial charge is 0.351 e. The first-order valence-electron chi connectivity index (χ1n) is 10.3. The van der Waals surface area contributed by atoms with Crippen molar-refractivity contribution >= 4 is 17.5 Å². The van der Waals surface area contributed by atoms with Gasteiger partial charge in [0, 0.05) is 24.8 Å². The van der Waals surface area contributed by atoms with Crippen LogP contribution in [-0.2, 0) is 23.4 Å².